The van der Waals surface area contributed by atoms with Crippen LogP contribution in [0.5, 0.6) is 0 Å². The van der Waals surface area contributed by atoms with Gasteiger partial charge in [0, 0.05) is 37.8 Å². The predicted octanol–water partition coefficient (Wildman–Crippen LogP) is 4.40. The highest BCUT2D eigenvalue weighted by Gasteiger charge is 2.37. The molecule has 4 rings (SSSR count). The number of carbonyl (C=O) groups excluding carboxylic acids is 1. The van der Waals surface area contributed by atoms with E-state index in [-0.39, 0.29) is 5.91 Å². The molecule has 0 aromatic heterocycles. The summed E-state index contributed by atoms with van der Waals surface area (Å²) in [6, 6.07) is 21.7. The minimum atomic E-state index is 0.189. The Morgan fingerprint density at radius 3 is 2.14 bits per heavy atom. The van der Waals surface area contributed by atoms with Gasteiger partial charge in [0.15, 0.2) is 0 Å². The third kappa shape index (κ3) is 5.11. The van der Waals surface area contributed by atoms with Gasteiger partial charge in [-0.15, -0.1) is 0 Å². The second kappa shape index (κ2) is 9.20. The molecule has 0 atom stereocenters. The van der Waals surface area contributed by atoms with Gasteiger partial charge in [-0.3, -0.25) is 4.79 Å². The number of likely N-dealkylation sites (tertiary alicyclic amines) is 1. The Morgan fingerprint density at radius 1 is 0.893 bits per heavy atom. The summed E-state index contributed by atoms with van der Waals surface area (Å²) in [5.41, 5.74) is 2.49. The molecule has 146 valence electrons. The van der Waals surface area contributed by atoms with E-state index in [9.17, 15) is 4.79 Å². The lowest BCUT2D eigenvalue weighted by Gasteiger charge is -2.38. The number of nitrogens with zero attached hydrogens (tertiary/aromatic N) is 2. The molecule has 1 heterocycles. The van der Waals surface area contributed by atoms with E-state index >= 15 is 0 Å². The molecule has 0 N–H and O–H groups in total. The molecule has 2 aromatic rings. The summed E-state index contributed by atoms with van der Waals surface area (Å²) >= 11 is 0. The monoisotopic (exact) mass is 374 g/mol. The summed E-state index contributed by atoms with van der Waals surface area (Å²) in [4.78, 5) is 17.7. The van der Waals surface area contributed by atoms with Crippen molar-refractivity contribution in [1.29, 1.82) is 0 Å². The molecule has 1 aliphatic carbocycles. The van der Waals surface area contributed by atoms with Crippen LogP contribution in [0.25, 0.3) is 6.08 Å². The van der Waals surface area contributed by atoms with Crippen molar-refractivity contribution in [3.63, 3.8) is 0 Å². The number of carbonyl (C=O) groups is 1. The third-order valence-corrected chi connectivity index (χ3v) is 5.92. The van der Waals surface area contributed by atoms with Gasteiger partial charge in [-0.05, 0) is 49.3 Å². The molecule has 0 radical (unpaired) electrons. The average Bonchev–Trinajstić information content (AvgIpc) is 3.58. The van der Waals surface area contributed by atoms with Crippen LogP contribution in [0.4, 0.5) is 0 Å². The number of amides is 1. The van der Waals surface area contributed by atoms with Crippen molar-refractivity contribution in [1.82, 2.24) is 9.80 Å². The van der Waals surface area contributed by atoms with E-state index in [0.29, 0.717) is 12.1 Å². The summed E-state index contributed by atoms with van der Waals surface area (Å²) in [7, 11) is 0. The smallest absolute Gasteiger partial charge is 0.247 e. The van der Waals surface area contributed by atoms with Crippen LogP contribution in [0.15, 0.2) is 66.7 Å². The lowest BCUT2D eigenvalue weighted by molar-refractivity contribution is -0.129. The maximum absolute atomic E-state index is 12.9. The van der Waals surface area contributed by atoms with E-state index < -0.39 is 0 Å². The van der Waals surface area contributed by atoms with Gasteiger partial charge in [0.2, 0.25) is 5.91 Å². The largest absolute Gasteiger partial charge is 0.333 e. The Hall–Kier alpha value is -2.39. The molecule has 1 amide bonds. The van der Waals surface area contributed by atoms with Crippen molar-refractivity contribution in [2.75, 3.05) is 19.6 Å². The summed E-state index contributed by atoms with van der Waals surface area (Å²) in [5, 5.41) is 0. The van der Waals surface area contributed by atoms with Crippen molar-refractivity contribution in [3.8, 4) is 0 Å². The number of hydrogen-bond donors (Lipinski definition) is 0. The minimum absolute atomic E-state index is 0.189. The van der Waals surface area contributed by atoms with E-state index in [1.165, 1.54) is 18.4 Å². The molecule has 2 fully saturated rings. The van der Waals surface area contributed by atoms with Gasteiger partial charge in [0.25, 0.3) is 0 Å². The normalized spacial score (nSPS) is 18.4. The molecule has 3 nitrogen and oxygen atoms in total. The molecule has 0 bridgehead atoms. The van der Waals surface area contributed by atoms with E-state index in [2.05, 4.69) is 40.1 Å². The number of benzene rings is 2. The first-order valence-corrected chi connectivity index (χ1v) is 10.6. The highest BCUT2D eigenvalue weighted by molar-refractivity contribution is 5.92. The molecule has 2 aliphatic rings. The maximum Gasteiger partial charge on any atom is 0.247 e. The standard InChI is InChI=1S/C25H30N2O/c28-25(14-11-21-7-3-1-4-8-21)27(23-12-13-23)24-16-19-26(20-17-24)18-15-22-9-5-2-6-10-22/h1-11,14,23-24H,12-13,15-20H2/b14-11+. The number of hydrogen-bond acceptors (Lipinski definition) is 2. The molecule has 28 heavy (non-hydrogen) atoms. The first kappa shape index (κ1) is 18.9. The van der Waals surface area contributed by atoms with Gasteiger partial charge in [-0.25, -0.2) is 0 Å². The minimum Gasteiger partial charge on any atom is -0.333 e. The summed E-state index contributed by atoms with van der Waals surface area (Å²) in [6.45, 7) is 3.30. The summed E-state index contributed by atoms with van der Waals surface area (Å²) in [6.07, 6.45) is 9.35. The fourth-order valence-electron chi connectivity index (χ4n) is 4.18. The molecular weight excluding hydrogens is 344 g/mol. The molecule has 2 aromatic carbocycles. The van der Waals surface area contributed by atoms with E-state index in [4.69, 9.17) is 0 Å². The van der Waals surface area contributed by atoms with Crippen molar-refractivity contribution >= 4 is 12.0 Å². The Bertz CT molecular complexity index is 775. The molecule has 3 heteroatoms. The lowest BCUT2D eigenvalue weighted by atomic mass is 10.0. The zero-order chi connectivity index (χ0) is 19.2. The van der Waals surface area contributed by atoms with Crippen LogP contribution in [-0.4, -0.2) is 47.4 Å². The molecule has 1 saturated heterocycles. The van der Waals surface area contributed by atoms with Crippen molar-refractivity contribution in [2.45, 2.75) is 44.2 Å². The van der Waals surface area contributed by atoms with Crippen molar-refractivity contribution in [2.24, 2.45) is 0 Å². The van der Waals surface area contributed by atoms with Gasteiger partial charge in [0.05, 0.1) is 0 Å². The number of rotatable bonds is 7. The SMILES string of the molecule is O=C(/C=C/c1ccccc1)N(C1CC1)C1CCN(CCc2ccccc2)CC1. The van der Waals surface area contributed by atoms with Crippen molar-refractivity contribution < 1.29 is 4.79 Å². The van der Waals surface area contributed by atoms with Crippen LogP contribution in [0.3, 0.4) is 0 Å². The van der Waals surface area contributed by atoms with E-state index in [0.717, 1.165) is 44.5 Å². The van der Waals surface area contributed by atoms with Crippen LogP contribution in [0.1, 0.15) is 36.8 Å². The number of piperidine rings is 1. The molecular formula is C25H30N2O. The fourth-order valence-corrected chi connectivity index (χ4v) is 4.18. The molecule has 0 spiro atoms. The zero-order valence-corrected chi connectivity index (χ0v) is 16.5. The van der Waals surface area contributed by atoms with Gasteiger partial charge in [-0.1, -0.05) is 60.7 Å². The predicted molar refractivity (Wildman–Crippen MR) is 115 cm³/mol. The quantitative estimate of drug-likeness (QED) is 0.671. The fraction of sp³-hybridized carbons (Fsp3) is 0.400. The highest BCUT2D eigenvalue weighted by atomic mass is 16.2. The topological polar surface area (TPSA) is 23.6 Å². The van der Waals surface area contributed by atoms with Crippen LogP contribution in [-0.2, 0) is 11.2 Å². The van der Waals surface area contributed by atoms with Crippen LogP contribution >= 0.6 is 0 Å². The maximum atomic E-state index is 12.9. The van der Waals surface area contributed by atoms with Gasteiger partial charge >= 0.3 is 0 Å². The Balaban J connectivity index is 1.30. The zero-order valence-electron chi connectivity index (χ0n) is 16.5. The van der Waals surface area contributed by atoms with Gasteiger partial charge in [-0.2, -0.15) is 0 Å². The van der Waals surface area contributed by atoms with Gasteiger partial charge < -0.3 is 9.80 Å². The van der Waals surface area contributed by atoms with Crippen molar-refractivity contribution in [3.05, 3.63) is 77.9 Å². The Morgan fingerprint density at radius 2 is 1.50 bits per heavy atom. The Kier molecular flexibility index (Phi) is 6.23. The van der Waals surface area contributed by atoms with Crippen LogP contribution in [0, 0.1) is 0 Å². The van der Waals surface area contributed by atoms with Crippen LogP contribution < -0.4 is 0 Å². The molecule has 1 aliphatic heterocycles. The Labute approximate surface area is 168 Å². The molecule has 0 unspecified atom stereocenters. The second-order valence-corrected chi connectivity index (χ2v) is 8.03. The first-order chi connectivity index (χ1) is 13.8. The molecule has 1 saturated carbocycles. The lowest BCUT2D eigenvalue weighted by Crippen LogP contribution is -2.48. The van der Waals surface area contributed by atoms with Gasteiger partial charge in [0.1, 0.15) is 0 Å². The van der Waals surface area contributed by atoms with E-state index in [1.54, 1.807) is 6.08 Å². The summed E-state index contributed by atoms with van der Waals surface area (Å²) < 4.78 is 0. The second-order valence-electron chi connectivity index (χ2n) is 8.03. The average molecular weight is 375 g/mol. The van der Waals surface area contributed by atoms with Crippen LogP contribution in [0.2, 0.25) is 0 Å². The highest BCUT2D eigenvalue weighted by Crippen LogP contribution is 2.32. The third-order valence-electron chi connectivity index (χ3n) is 5.92. The van der Waals surface area contributed by atoms with E-state index in [1.807, 2.05) is 36.4 Å². The summed E-state index contributed by atoms with van der Waals surface area (Å²) in [5.74, 6) is 0.189. The first-order valence-electron chi connectivity index (χ1n) is 10.6.